The standard InChI is InChI=1S/C19H25N3O/c1-14-10-18(15(2)22(14)17-7-3-4-8-17)19(23)13-21-12-16-6-5-9-20-11-16/h5-6,9-11,17,21H,3-4,7-8,12-13H2,1-2H3. The topological polar surface area (TPSA) is 46.9 Å². The molecule has 0 spiro atoms. The van der Waals surface area contributed by atoms with Crippen LogP contribution in [0.1, 0.15) is 59.0 Å². The van der Waals surface area contributed by atoms with Gasteiger partial charge in [-0.25, -0.2) is 0 Å². The van der Waals surface area contributed by atoms with Gasteiger partial charge in [0.15, 0.2) is 5.78 Å². The minimum atomic E-state index is 0.172. The minimum Gasteiger partial charge on any atom is -0.345 e. The van der Waals surface area contributed by atoms with E-state index in [4.69, 9.17) is 0 Å². The van der Waals surface area contributed by atoms with Gasteiger partial charge >= 0.3 is 0 Å². The smallest absolute Gasteiger partial charge is 0.178 e. The summed E-state index contributed by atoms with van der Waals surface area (Å²) in [4.78, 5) is 16.6. The van der Waals surface area contributed by atoms with Gasteiger partial charge < -0.3 is 9.88 Å². The molecule has 2 aromatic rings. The Hall–Kier alpha value is -1.94. The van der Waals surface area contributed by atoms with E-state index in [1.165, 1.54) is 31.4 Å². The second-order valence-electron chi connectivity index (χ2n) is 6.48. The van der Waals surface area contributed by atoms with Crippen molar-refractivity contribution in [2.75, 3.05) is 6.54 Å². The van der Waals surface area contributed by atoms with Crippen LogP contribution < -0.4 is 5.32 Å². The zero-order valence-corrected chi connectivity index (χ0v) is 14.0. The summed E-state index contributed by atoms with van der Waals surface area (Å²) < 4.78 is 2.38. The average Bonchev–Trinajstić information content (AvgIpc) is 3.16. The Balaban J connectivity index is 1.64. The average molecular weight is 311 g/mol. The van der Waals surface area contributed by atoms with E-state index in [1.54, 1.807) is 6.20 Å². The molecule has 23 heavy (non-hydrogen) atoms. The lowest BCUT2D eigenvalue weighted by Crippen LogP contribution is -2.23. The molecule has 1 aliphatic rings. The predicted octanol–water partition coefficient (Wildman–Crippen LogP) is 3.59. The number of aryl methyl sites for hydroxylation is 1. The van der Waals surface area contributed by atoms with Gasteiger partial charge in [-0.2, -0.15) is 0 Å². The number of hydrogen-bond donors (Lipinski definition) is 1. The minimum absolute atomic E-state index is 0.172. The van der Waals surface area contributed by atoms with E-state index in [2.05, 4.69) is 34.8 Å². The molecule has 0 aromatic carbocycles. The van der Waals surface area contributed by atoms with Gasteiger partial charge in [0.1, 0.15) is 0 Å². The normalized spacial score (nSPS) is 15.2. The van der Waals surface area contributed by atoms with Crippen LogP contribution in [0.5, 0.6) is 0 Å². The van der Waals surface area contributed by atoms with Crippen molar-refractivity contribution in [3.8, 4) is 0 Å². The maximum atomic E-state index is 12.5. The molecule has 1 fully saturated rings. The maximum Gasteiger partial charge on any atom is 0.178 e. The van der Waals surface area contributed by atoms with Crippen LogP contribution in [0.2, 0.25) is 0 Å². The first-order chi connectivity index (χ1) is 11.2. The van der Waals surface area contributed by atoms with Crippen molar-refractivity contribution in [1.82, 2.24) is 14.9 Å². The number of ketones is 1. The Morgan fingerprint density at radius 1 is 1.35 bits per heavy atom. The third-order valence-corrected chi connectivity index (χ3v) is 4.81. The Labute approximate surface area is 137 Å². The number of nitrogens with one attached hydrogen (secondary N) is 1. The van der Waals surface area contributed by atoms with Gasteiger partial charge in [0.2, 0.25) is 0 Å². The molecule has 4 nitrogen and oxygen atoms in total. The Morgan fingerprint density at radius 3 is 2.83 bits per heavy atom. The Kier molecular flexibility index (Phi) is 4.91. The van der Waals surface area contributed by atoms with Gasteiger partial charge in [-0.05, 0) is 44.4 Å². The van der Waals surface area contributed by atoms with E-state index in [-0.39, 0.29) is 5.78 Å². The van der Waals surface area contributed by atoms with Crippen molar-refractivity contribution in [1.29, 1.82) is 0 Å². The van der Waals surface area contributed by atoms with Crippen molar-refractivity contribution in [2.45, 2.75) is 52.1 Å². The van der Waals surface area contributed by atoms with Crippen LogP contribution in [0.15, 0.2) is 30.6 Å². The van der Waals surface area contributed by atoms with E-state index in [9.17, 15) is 4.79 Å². The third-order valence-electron chi connectivity index (χ3n) is 4.81. The number of nitrogens with zero attached hydrogens (tertiary/aromatic N) is 2. The van der Waals surface area contributed by atoms with Crippen molar-refractivity contribution >= 4 is 5.78 Å². The second kappa shape index (κ2) is 7.09. The van der Waals surface area contributed by atoms with Crippen molar-refractivity contribution < 1.29 is 4.79 Å². The molecule has 0 atom stereocenters. The van der Waals surface area contributed by atoms with Crippen LogP contribution in [0.25, 0.3) is 0 Å². The monoisotopic (exact) mass is 311 g/mol. The maximum absolute atomic E-state index is 12.5. The Bertz CT molecular complexity index is 669. The van der Waals surface area contributed by atoms with E-state index < -0.39 is 0 Å². The molecule has 3 rings (SSSR count). The fourth-order valence-corrected chi connectivity index (χ4v) is 3.70. The summed E-state index contributed by atoms with van der Waals surface area (Å²) >= 11 is 0. The molecule has 1 aliphatic carbocycles. The van der Waals surface area contributed by atoms with Crippen LogP contribution in [0.3, 0.4) is 0 Å². The van der Waals surface area contributed by atoms with Gasteiger partial charge in [0.25, 0.3) is 0 Å². The van der Waals surface area contributed by atoms with Gasteiger partial charge in [-0.1, -0.05) is 18.9 Å². The van der Waals surface area contributed by atoms with Crippen LogP contribution in [-0.4, -0.2) is 21.9 Å². The summed E-state index contributed by atoms with van der Waals surface area (Å²) in [6, 6.07) is 6.56. The molecular weight excluding hydrogens is 286 g/mol. The highest BCUT2D eigenvalue weighted by molar-refractivity contribution is 5.99. The fraction of sp³-hybridized carbons (Fsp3) is 0.474. The lowest BCUT2D eigenvalue weighted by molar-refractivity contribution is 0.0990. The van der Waals surface area contributed by atoms with E-state index >= 15 is 0 Å². The van der Waals surface area contributed by atoms with Crippen LogP contribution in [-0.2, 0) is 6.54 Å². The van der Waals surface area contributed by atoms with Crippen molar-refractivity contribution in [3.05, 3.63) is 53.1 Å². The first-order valence-electron chi connectivity index (χ1n) is 8.48. The molecule has 4 heteroatoms. The zero-order chi connectivity index (χ0) is 16.2. The van der Waals surface area contributed by atoms with Gasteiger partial charge in [-0.3, -0.25) is 9.78 Å². The van der Waals surface area contributed by atoms with Crippen LogP contribution >= 0.6 is 0 Å². The quantitative estimate of drug-likeness (QED) is 0.829. The number of carbonyl (C=O) groups is 1. The molecular formula is C19H25N3O. The molecule has 0 radical (unpaired) electrons. The van der Waals surface area contributed by atoms with Gasteiger partial charge in [0.05, 0.1) is 6.54 Å². The highest BCUT2D eigenvalue weighted by Crippen LogP contribution is 2.33. The van der Waals surface area contributed by atoms with E-state index in [0.717, 1.165) is 16.8 Å². The summed E-state index contributed by atoms with van der Waals surface area (Å²) in [5.74, 6) is 0.172. The number of rotatable bonds is 6. The molecule has 0 aliphatic heterocycles. The molecule has 122 valence electrons. The summed E-state index contributed by atoms with van der Waals surface area (Å²) in [5.41, 5.74) is 4.30. The lowest BCUT2D eigenvalue weighted by Gasteiger charge is -2.17. The molecule has 0 saturated heterocycles. The number of Topliss-reactive ketones (excluding diaryl/α,β-unsaturated/α-hetero) is 1. The third kappa shape index (κ3) is 3.53. The largest absolute Gasteiger partial charge is 0.345 e. The summed E-state index contributed by atoms with van der Waals surface area (Å²) in [6.45, 7) is 5.23. The molecule has 0 amide bonds. The summed E-state index contributed by atoms with van der Waals surface area (Å²) in [5, 5.41) is 3.23. The molecule has 2 aromatic heterocycles. The second-order valence-corrected chi connectivity index (χ2v) is 6.48. The summed E-state index contributed by atoms with van der Waals surface area (Å²) in [6.07, 6.45) is 8.66. The van der Waals surface area contributed by atoms with Crippen molar-refractivity contribution in [3.63, 3.8) is 0 Å². The fourth-order valence-electron chi connectivity index (χ4n) is 3.70. The molecule has 0 unspecified atom stereocenters. The van der Waals surface area contributed by atoms with Crippen LogP contribution in [0.4, 0.5) is 0 Å². The predicted molar refractivity (Wildman–Crippen MR) is 91.7 cm³/mol. The zero-order valence-electron chi connectivity index (χ0n) is 14.0. The lowest BCUT2D eigenvalue weighted by atomic mass is 10.1. The van der Waals surface area contributed by atoms with Gasteiger partial charge in [0, 0.05) is 41.9 Å². The first-order valence-corrected chi connectivity index (χ1v) is 8.48. The number of carbonyl (C=O) groups excluding carboxylic acids is 1. The van der Waals surface area contributed by atoms with E-state index in [0.29, 0.717) is 19.1 Å². The number of aromatic nitrogens is 2. The molecule has 1 N–H and O–H groups in total. The number of pyridine rings is 1. The van der Waals surface area contributed by atoms with Crippen molar-refractivity contribution in [2.24, 2.45) is 0 Å². The highest BCUT2D eigenvalue weighted by Gasteiger charge is 2.23. The SMILES string of the molecule is Cc1cc(C(=O)CNCc2cccnc2)c(C)n1C1CCCC1. The highest BCUT2D eigenvalue weighted by atomic mass is 16.1. The molecule has 0 bridgehead atoms. The first kappa shape index (κ1) is 15.9. The van der Waals surface area contributed by atoms with E-state index in [1.807, 2.05) is 18.3 Å². The Morgan fingerprint density at radius 2 is 2.13 bits per heavy atom. The number of hydrogen-bond acceptors (Lipinski definition) is 3. The van der Waals surface area contributed by atoms with Crippen LogP contribution in [0, 0.1) is 13.8 Å². The molecule has 1 saturated carbocycles. The molecule has 2 heterocycles. The van der Waals surface area contributed by atoms with Gasteiger partial charge in [-0.15, -0.1) is 0 Å². The summed E-state index contributed by atoms with van der Waals surface area (Å²) in [7, 11) is 0.